The van der Waals surface area contributed by atoms with Gasteiger partial charge in [0.05, 0.1) is 0 Å². The predicted octanol–water partition coefficient (Wildman–Crippen LogP) is 12.4. The molecule has 1 aliphatic rings. The molecule has 0 amide bonds. The van der Waals surface area contributed by atoms with Crippen molar-refractivity contribution in [2.24, 2.45) is 0 Å². The van der Waals surface area contributed by atoms with E-state index in [9.17, 15) is 0 Å². The van der Waals surface area contributed by atoms with Crippen LogP contribution in [0.2, 0.25) is 0 Å². The average molecular weight is 835 g/mol. The molecule has 0 bridgehead atoms. The van der Waals surface area contributed by atoms with Gasteiger partial charge in [-0.3, -0.25) is 0 Å². The van der Waals surface area contributed by atoms with Crippen molar-refractivity contribution in [3.05, 3.63) is 143 Å². The van der Waals surface area contributed by atoms with Crippen molar-refractivity contribution in [3.8, 4) is 33.6 Å². The molecule has 259 valence electrons. The summed E-state index contributed by atoms with van der Waals surface area (Å²) >= 11 is 0. The molecule has 0 saturated carbocycles. The summed E-state index contributed by atoms with van der Waals surface area (Å²) in [5.74, 6) is 0. The van der Waals surface area contributed by atoms with Gasteiger partial charge in [0.2, 0.25) is 0 Å². The Labute approximate surface area is 314 Å². The minimum Gasteiger partial charge on any atom is -0.305 e. The standard InChI is InChI=1S/C28H26N.C19H24N.Ir/c1-27(2,3)20-14-15-29-25(17-20)19-11-13-24-23(16-19)22-12-10-18-8-6-7-9-21(18)26(22)28(24,4)5;1-18(2,3)15-9-7-8-14(12-15)17-13-16(10-11-20-17)19(4,5)6;/h6-10,12-17H,1-5H3;7,9-13H,1-6H3;/q2*-1;. The van der Waals surface area contributed by atoms with Gasteiger partial charge in [-0.1, -0.05) is 130 Å². The maximum absolute atomic E-state index is 4.66. The number of hydrogen-bond acceptors (Lipinski definition) is 2. The van der Waals surface area contributed by atoms with Gasteiger partial charge in [-0.15, -0.1) is 64.7 Å². The van der Waals surface area contributed by atoms with Crippen LogP contribution in [-0.4, -0.2) is 9.97 Å². The van der Waals surface area contributed by atoms with Crippen molar-refractivity contribution in [2.45, 2.75) is 97.8 Å². The van der Waals surface area contributed by atoms with Crippen LogP contribution in [0, 0.1) is 12.1 Å². The topological polar surface area (TPSA) is 25.8 Å². The van der Waals surface area contributed by atoms with Gasteiger partial charge in [-0.25, -0.2) is 0 Å². The second-order valence-electron chi connectivity index (χ2n) is 17.1. The molecule has 0 saturated heterocycles. The Bertz CT molecular complexity index is 2100. The van der Waals surface area contributed by atoms with Crippen molar-refractivity contribution < 1.29 is 20.1 Å². The molecule has 0 N–H and O–H groups in total. The molecule has 0 spiro atoms. The van der Waals surface area contributed by atoms with E-state index < -0.39 is 0 Å². The van der Waals surface area contributed by atoms with E-state index in [-0.39, 0.29) is 41.8 Å². The Balaban J connectivity index is 0.000000204. The summed E-state index contributed by atoms with van der Waals surface area (Å²) in [6.45, 7) is 24.7. The Morgan fingerprint density at radius 2 is 1.10 bits per heavy atom. The monoisotopic (exact) mass is 835 g/mol. The third-order valence-electron chi connectivity index (χ3n) is 9.94. The molecule has 1 radical (unpaired) electrons. The molecule has 0 unspecified atom stereocenters. The van der Waals surface area contributed by atoms with Gasteiger partial charge in [0, 0.05) is 32.5 Å². The molecular formula is C47H50IrN2-2. The van der Waals surface area contributed by atoms with Crippen LogP contribution in [0.4, 0.5) is 0 Å². The number of nitrogens with zero attached hydrogens (tertiary/aromatic N) is 2. The van der Waals surface area contributed by atoms with E-state index >= 15 is 0 Å². The fourth-order valence-corrected chi connectivity index (χ4v) is 6.85. The van der Waals surface area contributed by atoms with Crippen molar-refractivity contribution >= 4 is 10.8 Å². The van der Waals surface area contributed by atoms with Crippen LogP contribution < -0.4 is 0 Å². The van der Waals surface area contributed by atoms with E-state index in [0.717, 1.165) is 22.5 Å². The van der Waals surface area contributed by atoms with Crippen molar-refractivity contribution in [3.63, 3.8) is 0 Å². The van der Waals surface area contributed by atoms with E-state index in [2.05, 4.69) is 183 Å². The van der Waals surface area contributed by atoms with Crippen molar-refractivity contribution in [2.75, 3.05) is 0 Å². The van der Waals surface area contributed by atoms with E-state index in [1.807, 2.05) is 18.5 Å². The molecule has 0 aliphatic heterocycles. The zero-order valence-corrected chi connectivity index (χ0v) is 33.9. The first kappa shape index (κ1) is 37.3. The predicted molar refractivity (Wildman–Crippen MR) is 208 cm³/mol. The number of aromatic nitrogens is 2. The Kier molecular flexibility index (Phi) is 10.2. The number of benzene rings is 4. The molecule has 0 fully saturated rings. The van der Waals surface area contributed by atoms with Gasteiger partial charge in [-0.2, -0.15) is 0 Å². The molecule has 4 aromatic carbocycles. The normalized spacial score (nSPS) is 13.5. The van der Waals surface area contributed by atoms with Gasteiger partial charge >= 0.3 is 0 Å². The zero-order valence-electron chi connectivity index (χ0n) is 31.5. The zero-order chi connectivity index (χ0) is 35.4. The maximum atomic E-state index is 4.66. The minimum absolute atomic E-state index is 0. The molecule has 1 aliphatic carbocycles. The number of pyridine rings is 2. The molecular weight excluding hydrogens is 785 g/mol. The Morgan fingerprint density at radius 3 is 1.68 bits per heavy atom. The first-order chi connectivity index (χ1) is 22.9. The molecule has 2 aromatic heterocycles. The van der Waals surface area contributed by atoms with E-state index in [1.54, 1.807) is 0 Å². The second kappa shape index (κ2) is 13.7. The smallest absolute Gasteiger partial charge is 0.0163 e. The third-order valence-corrected chi connectivity index (χ3v) is 9.94. The van der Waals surface area contributed by atoms with Crippen LogP contribution in [0.15, 0.2) is 103 Å². The van der Waals surface area contributed by atoms with E-state index in [4.69, 9.17) is 0 Å². The molecule has 6 aromatic rings. The average Bonchev–Trinajstić information content (AvgIpc) is 3.30. The van der Waals surface area contributed by atoms with Crippen molar-refractivity contribution in [1.82, 2.24) is 9.97 Å². The summed E-state index contributed by atoms with van der Waals surface area (Å²) in [5, 5.41) is 2.65. The number of rotatable bonds is 2. The van der Waals surface area contributed by atoms with Crippen LogP contribution in [0.25, 0.3) is 44.4 Å². The minimum atomic E-state index is -0.0404. The number of hydrogen-bond donors (Lipinski definition) is 0. The first-order valence-electron chi connectivity index (χ1n) is 17.5. The van der Waals surface area contributed by atoms with E-state index in [0.29, 0.717) is 0 Å². The Morgan fingerprint density at radius 1 is 0.560 bits per heavy atom. The largest absolute Gasteiger partial charge is 0.305 e. The molecule has 0 atom stereocenters. The summed E-state index contributed by atoms with van der Waals surface area (Å²) in [6, 6.07) is 39.5. The molecule has 7 rings (SSSR count). The Hall–Kier alpha value is -3.91. The summed E-state index contributed by atoms with van der Waals surface area (Å²) in [6.07, 6.45) is 3.82. The van der Waals surface area contributed by atoms with Gasteiger partial charge < -0.3 is 9.97 Å². The van der Waals surface area contributed by atoms with Gasteiger partial charge in [-0.05, 0) is 78.2 Å². The molecule has 2 heterocycles. The van der Waals surface area contributed by atoms with Crippen molar-refractivity contribution in [1.29, 1.82) is 0 Å². The SMILES string of the molecule is CC(C)(C)c1cc[c-]c(-c2cc(C(C)(C)C)ccn2)c1.CC(C)(C)c1ccnc(-c2[c-]cc3c(c2)-c2ccc4ccccc4c2C3(C)C)c1.[Ir]. The van der Waals surface area contributed by atoms with E-state index in [1.165, 1.54) is 49.7 Å². The molecule has 2 nitrogen and oxygen atoms in total. The van der Waals surface area contributed by atoms with Gasteiger partial charge in [0.1, 0.15) is 0 Å². The van der Waals surface area contributed by atoms with Crippen LogP contribution >= 0.6 is 0 Å². The molecule has 50 heavy (non-hydrogen) atoms. The third kappa shape index (κ3) is 7.41. The fraction of sp³-hybridized carbons (Fsp3) is 0.319. The second-order valence-corrected chi connectivity index (χ2v) is 17.1. The fourth-order valence-electron chi connectivity index (χ4n) is 6.85. The summed E-state index contributed by atoms with van der Waals surface area (Å²) in [5.41, 5.74) is 13.8. The summed E-state index contributed by atoms with van der Waals surface area (Å²) in [7, 11) is 0. The van der Waals surface area contributed by atoms with Gasteiger partial charge in [0.15, 0.2) is 0 Å². The first-order valence-corrected chi connectivity index (χ1v) is 17.5. The van der Waals surface area contributed by atoms with Crippen LogP contribution in [0.3, 0.4) is 0 Å². The van der Waals surface area contributed by atoms with Gasteiger partial charge in [0.25, 0.3) is 0 Å². The summed E-state index contributed by atoms with van der Waals surface area (Å²) in [4.78, 5) is 9.17. The van der Waals surface area contributed by atoms with Crippen LogP contribution in [0.5, 0.6) is 0 Å². The quantitative estimate of drug-likeness (QED) is 0.162. The summed E-state index contributed by atoms with van der Waals surface area (Å²) < 4.78 is 0. The maximum Gasteiger partial charge on any atom is 0.0163 e. The number of fused-ring (bicyclic) bond motifs is 5. The van der Waals surface area contributed by atoms with Crippen LogP contribution in [-0.2, 0) is 41.8 Å². The van der Waals surface area contributed by atoms with Crippen LogP contribution in [0.1, 0.15) is 104 Å². The molecule has 3 heteroatoms.